The molecule has 0 aliphatic rings. The van der Waals surface area contributed by atoms with Crippen LogP contribution in [0.4, 0.5) is 5.13 Å². The van der Waals surface area contributed by atoms with Crippen molar-refractivity contribution in [2.75, 3.05) is 31.1 Å². The minimum Gasteiger partial charge on any atom is -0.302 e. The number of carbonyl (C=O) groups is 1. The van der Waals surface area contributed by atoms with Gasteiger partial charge in [-0.15, -0.1) is 0 Å². The lowest BCUT2D eigenvalue weighted by Crippen LogP contribution is -2.38. The molecule has 1 amide bonds. The van der Waals surface area contributed by atoms with E-state index in [9.17, 15) is 4.79 Å². The van der Waals surface area contributed by atoms with Gasteiger partial charge in [-0.2, -0.15) is 5.26 Å². The van der Waals surface area contributed by atoms with Gasteiger partial charge >= 0.3 is 0 Å². The van der Waals surface area contributed by atoms with Crippen molar-refractivity contribution in [2.45, 2.75) is 20.8 Å². The third kappa shape index (κ3) is 4.76. The van der Waals surface area contributed by atoms with Crippen LogP contribution >= 0.6 is 22.9 Å². The van der Waals surface area contributed by atoms with Gasteiger partial charge in [0.05, 0.1) is 21.8 Å². The van der Waals surface area contributed by atoms with Crippen LogP contribution in [0.1, 0.15) is 35.3 Å². The predicted molar refractivity (Wildman–Crippen MR) is 120 cm³/mol. The van der Waals surface area contributed by atoms with E-state index < -0.39 is 0 Å². The molecular weight excluding hydrogens is 404 g/mol. The molecular formula is C22H23ClN4OS. The predicted octanol–water partition coefficient (Wildman–Crippen LogP) is 5.12. The molecule has 0 atom stereocenters. The molecule has 2 aromatic carbocycles. The van der Waals surface area contributed by atoms with Crippen LogP contribution in [0.3, 0.4) is 0 Å². The van der Waals surface area contributed by atoms with Crippen molar-refractivity contribution < 1.29 is 4.79 Å². The lowest BCUT2D eigenvalue weighted by atomic mass is 10.1. The zero-order chi connectivity index (χ0) is 21.0. The fourth-order valence-corrected chi connectivity index (χ4v) is 4.61. The molecule has 7 heteroatoms. The third-order valence-corrected chi connectivity index (χ3v) is 6.15. The van der Waals surface area contributed by atoms with E-state index in [1.54, 1.807) is 29.2 Å². The summed E-state index contributed by atoms with van der Waals surface area (Å²) < 4.78 is 0.963. The molecule has 0 fully saturated rings. The number of hydrogen-bond acceptors (Lipinski definition) is 5. The third-order valence-electron chi connectivity index (χ3n) is 4.91. The van der Waals surface area contributed by atoms with Crippen molar-refractivity contribution in [2.24, 2.45) is 0 Å². The van der Waals surface area contributed by atoms with E-state index in [1.165, 1.54) is 11.3 Å². The number of nitrogens with zero attached hydrogens (tertiary/aromatic N) is 4. The van der Waals surface area contributed by atoms with Gasteiger partial charge in [0, 0.05) is 23.7 Å². The summed E-state index contributed by atoms with van der Waals surface area (Å²) in [4.78, 5) is 22.1. The van der Waals surface area contributed by atoms with E-state index in [-0.39, 0.29) is 5.91 Å². The first-order valence-corrected chi connectivity index (χ1v) is 10.8. The SMILES string of the molecule is CCN(CC)CCN(C(=O)c1ccc(C#N)cc1)c1nc2c(C)cc(Cl)cc2s1. The molecule has 0 unspecified atom stereocenters. The number of carbonyl (C=O) groups excluding carboxylic acids is 1. The molecule has 0 aliphatic heterocycles. The Morgan fingerprint density at radius 3 is 2.48 bits per heavy atom. The monoisotopic (exact) mass is 426 g/mol. The maximum atomic E-state index is 13.3. The standard InChI is InChI=1S/C22H23ClN4OS/c1-4-26(5-2)10-11-27(21(28)17-8-6-16(14-24)7-9-17)22-25-20-15(3)12-18(23)13-19(20)29-22/h6-9,12-13H,4-5,10-11H2,1-3H3. The molecule has 3 aromatic rings. The minimum atomic E-state index is -0.121. The van der Waals surface area contributed by atoms with Crippen LogP contribution in [0, 0.1) is 18.3 Å². The van der Waals surface area contributed by atoms with Crippen molar-refractivity contribution in [3.8, 4) is 6.07 Å². The first kappa shape index (κ1) is 21.3. The Morgan fingerprint density at radius 1 is 1.17 bits per heavy atom. The normalized spacial score (nSPS) is 11.0. The summed E-state index contributed by atoms with van der Waals surface area (Å²) in [6.07, 6.45) is 0. The fraction of sp³-hybridized carbons (Fsp3) is 0.318. The zero-order valence-corrected chi connectivity index (χ0v) is 18.3. The summed E-state index contributed by atoms with van der Waals surface area (Å²) >= 11 is 7.68. The number of likely N-dealkylation sites (N-methyl/N-ethyl adjacent to an activating group) is 1. The summed E-state index contributed by atoms with van der Waals surface area (Å²) in [5, 5.41) is 10.3. The van der Waals surface area contributed by atoms with Crippen molar-refractivity contribution in [1.82, 2.24) is 9.88 Å². The number of amides is 1. The van der Waals surface area contributed by atoms with Crippen LogP contribution in [0.2, 0.25) is 5.02 Å². The largest absolute Gasteiger partial charge is 0.302 e. The number of aromatic nitrogens is 1. The maximum Gasteiger partial charge on any atom is 0.260 e. The second-order valence-electron chi connectivity index (χ2n) is 6.74. The fourth-order valence-electron chi connectivity index (χ4n) is 3.17. The van der Waals surface area contributed by atoms with E-state index in [0.29, 0.717) is 27.8 Å². The van der Waals surface area contributed by atoms with E-state index in [2.05, 4.69) is 24.8 Å². The molecule has 0 aliphatic carbocycles. The lowest BCUT2D eigenvalue weighted by molar-refractivity contribution is 0.0984. The van der Waals surface area contributed by atoms with Crippen LogP contribution in [-0.2, 0) is 0 Å². The molecule has 1 heterocycles. The second kappa shape index (κ2) is 9.36. The lowest BCUT2D eigenvalue weighted by Gasteiger charge is -2.24. The van der Waals surface area contributed by atoms with Gasteiger partial charge in [0.2, 0.25) is 0 Å². The number of hydrogen-bond donors (Lipinski definition) is 0. The topological polar surface area (TPSA) is 60.2 Å². The van der Waals surface area contributed by atoms with Gasteiger partial charge in [0.1, 0.15) is 0 Å². The van der Waals surface area contributed by atoms with Crippen LogP contribution in [-0.4, -0.2) is 42.0 Å². The van der Waals surface area contributed by atoms with Gasteiger partial charge < -0.3 is 4.90 Å². The first-order chi connectivity index (χ1) is 14.0. The molecule has 1 aromatic heterocycles. The first-order valence-electron chi connectivity index (χ1n) is 9.57. The summed E-state index contributed by atoms with van der Waals surface area (Å²) in [5.74, 6) is -0.121. The zero-order valence-electron chi connectivity index (χ0n) is 16.8. The molecule has 0 N–H and O–H groups in total. The van der Waals surface area contributed by atoms with Crippen LogP contribution in [0.25, 0.3) is 10.2 Å². The average Bonchev–Trinajstić information content (AvgIpc) is 3.15. The Bertz CT molecular complexity index is 1050. The highest BCUT2D eigenvalue weighted by atomic mass is 35.5. The maximum absolute atomic E-state index is 13.3. The highest BCUT2D eigenvalue weighted by molar-refractivity contribution is 7.22. The summed E-state index contributed by atoms with van der Waals surface area (Å²) in [5.41, 5.74) is 2.93. The molecule has 5 nitrogen and oxygen atoms in total. The number of benzene rings is 2. The highest BCUT2D eigenvalue weighted by Gasteiger charge is 2.22. The Balaban J connectivity index is 1.99. The molecule has 3 rings (SSSR count). The summed E-state index contributed by atoms with van der Waals surface area (Å²) in [6, 6.07) is 12.6. The molecule has 0 radical (unpaired) electrons. The highest BCUT2D eigenvalue weighted by Crippen LogP contribution is 2.33. The molecule has 0 bridgehead atoms. The molecule has 0 saturated carbocycles. The van der Waals surface area contributed by atoms with Crippen LogP contribution < -0.4 is 4.90 Å². The van der Waals surface area contributed by atoms with E-state index in [1.807, 2.05) is 19.1 Å². The van der Waals surface area contributed by atoms with Crippen molar-refractivity contribution in [3.63, 3.8) is 0 Å². The van der Waals surface area contributed by atoms with Crippen LogP contribution in [0.15, 0.2) is 36.4 Å². The van der Waals surface area contributed by atoms with E-state index >= 15 is 0 Å². The van der Waals surface area contributed by atoms with Crippen LogP contribution in [0.5, 0.6) is 0 Å². The van der Waals surface area contributed by atoms with Gasteiger partial charge in [0.15, 0.2) is 5.13 Å². The Morgan fingerprint density at radius 2 is 1.86 bits per heavy atom. The van der Waals surface area contributed by atoms with E-state index in [4.69, 9.17) is 21.8 Å². The smallest absolute Gasteiger partial charge is 0.260 e. The van der Waals surface area contributed by atoms with Crippen molar-refractivity contribution in [1.29, 1.82) is 5.26 Å². The number of nitriles is 1. The molecule has 0 saturated heterocycles. The molecule has 150 valence electrons. The summed E-state index contributed by atoms with van der Waals surface area (Å²) in [7, 11) is 0. The Kier molecular flexibility index (Phi) is 6.86. The number of aryl methyl sites for hydroxylation is 1. The quantitative estimate of drug-likeness (QED) is 0.526. The van der Waals surface area contributed by atoms with Crippen molar-refractivity contribution >= 4 is 44.2 Å². The number of halogens is 1. The van der Waals surface area contributed by atoms with Gasteiger partial charge in [-0.25, -0.2) is 4.98 Å². The summed E-state index contributed by atoms with van der Waals surface area (Å²) in [6.45, 7) is 9.32. The second-order valence-corrected chi connectivity index (χ2v) is 8.18. The Hall–Kier alpha value is -2.46. The average molecular weight is 427 g/mol. The molecule has 29 heavy (non-hydrogen) atoms. The van der Waals surface area contributed by atoms with E-state index in [0.717, 1.165) is 35.4 Å². The van der Waals surface area contributed by atoms with Gasteiger partial charge in [-0.3, -0.25) is 9.69 Å². The minimum absolute atomic E-state index is 0.121. The Labute approximate surface area is 180 Å². The van der Waals surface area contributed by atoms with Crippen molar-refractivity contribution in [3.05, 3.63) is 58.1 Å². The number of anilines is 1. The van der Waals surface area contributed by atoms with Gasteiger partial charge in [-0.05, 0) is 62.0 Å². The number of rotatable bonds is 7. The van der Waals surface area contributed by atoms with Gasteiger partial charge in [0.25, 0.3) is 5.91 Å². The number of thiazole rings is 1. The van der Waals surface area contributed by atoms with Gasteiger partial charge in [-0.1, -0.05) is 36.8 Å². The number of fused-ring (bicyclic) bond motifs is 1. The molecule has 0 spiro atoms.